The van der Waals surface area contributed by atoms with Crippen molar-refractivity contribution in [1.29, 1.82) is 0 Å². The van der Waals surface area contributed by atoms with Gasteiger partial charge in [0, 0.05) is 6.42 Å². The predicted molar refractivity (Wildman–Crippen MR) is 86.5 cm³/mol. The molecule has 1 fully saturated rings. The average Bonchev–Trinajstić information content (AvgIpc) is 3.20. The van der Waals surface area contributed by atoms with Crippen LogP contribution in [0.2, 0.25) is 0 Å². The highest BCUT2D eigenvalue weighted by Gasteiger charge is 2.36. The molecule has 0 aromatic carbocycles. The van der Waals surface area contributed by atoms with Crippen LogP contribution in [0.5, 0.6) is 0 Å². The molecule has 3 heteroatoms. The first kappa shape index (κ1) is 18.2. The standard InChI is InChI=1S/C18H32O3/c1-2-3-4-5-7-10-13-16-17(21-16)14-11-8-6-9-12-15-18(19)20/h7,10,16-17H,2-6,8-9,11-15H2,1H3,(H,19,20)/b10-7+. The van der Waals surface area contributed by atoms with Gasteiger partial charge in [-0.3, -0.25) is 4.79 Å². The zero-order valence-corrected chi connectivity index (χ0v) is 13.6. The van der Waals surface area contributed by atoms with Gasteiger partial charge >= 0.3 is 5.97 Å². The van der Waals surface area contributed by atoms with Gasteiger partial charge in [0.1, 0.15) is 0 Å². The summed E-state index contributed by atoms with van der Waals surface area (Å²) in [5, 5.41) is 8.54. The molecular formula is C18H32O3. The lowest BCUT2D eigenvalue weighted by Crippen LogP contribution is -1.94. The summed E-state index contributed by atoms with van der Waals surface area (Å²) in [6, 6.07) is 0. The maximum absolute atomic E-state index is 10.4. The van der Waals surface area contributed by atoms with Gasteiger partial charge in [-0.15, -0.1) is 0 Å². The molecule has 1 heterocycles. The summed E-state index contributed by atoms with van der Waals surface area (Å²) in [5.41, 5.74) is 0. The number of aliphatic carboxylic acids is 1. The second-order valence-electron chi connectivity index (χ2n) is 6.12. The Labute approximate surface area is 129 Å². The number of ether oxygens (including phenoxy) is 1. The number of hydrogen-bond donors (Lipinski definition) is 1. The van der Waals surface area contributed by atoms with Gasteiger partial charge < -0.3 is 9.84 Å². The molecule has 21 heavy (non-hydrogen) atoms. The number of carboxylic acids is 1. The van der Waals surface area contributed by atoms with E-state index < -0.39 is 5.97 Å². The average molecular weight is 296 g/mol. The van der Waals surface area contributed by atoms with E-state index in [0.717, 1.165) is 25.7 Å². The van der Waals surface area contributed by atoms with E-state index in [-0.39, 0.29) is 0 Å². The van der Waals surface area contributed by atoms with E-state index in [2.05, 4.69) is 19.1 Å². The molecule has 0 amide bonds. The van der Waals surface area contributed by atoms with Crippen molar-refractivity contribution in [2.24, 2.45) is 0 Å². The van der Waals surface area contributed by atoms with Gasteiger partial charge in [0.15, 0.2) is 0 Å². The Morgan fingerprint density at radius 3 is 2.52 bits per heavy atom. The van der Waals surface area contributed by atoms with Crippen molar-refractivity contribution >= 4 is 5.97 Å². The minimum absolute atomic E-state index is 0.318. The first-order valence-corrected chi connectivity index (χ1v) is 8.76. The lowest BCUT2D eigenvalue weighted by molar-refractivity contribution is -0.137. The van der Waals surface area contributed by atoms with E-state index in [4.69, 9.17) is 9.84 Å². The van der Waals surface area contributed by atoms with Gasteiger partial charge in [-0.2, -0.15) is 0 Å². The van der Waals surface area contributed by atoms with E-state index in [0.29, 0.717) is 18.6 Å². The lowest BCUT2D eigenvalue weighted by atomic mass is 10.1. The summed E-state index contributed by atoms with van der Waals surface area (Å²) in [4.78, 5) is 10.4. The van der Waals surface area contributed by atoms with Gasteiger partial charge in [-0.1, -0.05) is 57.6 Å². The maximum atomic E-state index is 10.4. The normalized spacial score (nSPS) is 21.0. The molecule has 1 rings (SSSR count). The van der Waals surface area contributed by atoms with Crippen molar-refractivity contribution in [3.63, 3.8) is 0 Å². The third-order valence-electron chi connectivity index (χ3n) is 4.08. The fourth-order valence-electron chi connectivity index (χ4n) is 2.65. The molecular weight excluding hydrogens is 264 g/mol. The third kappa shape index (κ3) is 10.5. The summed E-state index contributed by atoms with van der Waals surface area (Å²) in [5.74, 6) is -0.674. The van der Waals surface area contributed by atoms with Crippen LogP contribution in [0.3, 0.4) is 0 Å². The Morgan fingerprint density at radius 2 is 1.76 bits per heavy atom. The van der Waals surface area contributed by atoms with Gasteiger partial charge in [0.2, 0.25) is 0 Å². The number of allylic oxidation sites excluding steroid dienone is 1. The molecule has 2 atom stereocenters. The van der Waals surface area contributed by atoms with Gasteiger partial charge in [-0.05, 0) is 32.1 Å². The minimum Gasteiger partial charge on any atom is -0.481 e. The van der Waals surface area contributed by atoms with Crippen molar-refractivity contribution in [3.05, 3.63) is 12.2 Å². The molecule has 0 aromatic heterocycles. The first-order valence-electron chi connectivity index (χ1n) is 8.76. The van der Waals surface area contributed by atoms with Crippen LogP contribution in [0.1, 0.15) is 84.0 Å². The van der Waals surface area contributed by atoms with Crippen molar-refractivity contribution in [2.45, 2.75) is 96.2 Å². The van der Waals surface area contributed by atoms with Crippen molar-refractivity contribution in [1.82, 2.24) is 0 Å². The largest absolute Gasteiger partial charge is 0.481 e. The SMILES string of the molecule is CCCCC/C=C/CC1OC1CCCCCCCC(=O)O. The summed E-state index contributed by atoms with van der Waals surface area (Å²) < 4.78 is 5.67. The van der Waals surface area contributed by atoms with Crippen LogP contribution in [0.4, 0.5) is 0 Å². The molecule has 1 saturated heterocycles. The number of hydrogen-bond acceptors (Lipinski definition) is 2. The second kappa shape index (κ2) is 11.8. The second-order valence-corrected chi connectivity index (χ2v) is 6.12. The van der Waals surface area contributed by atoms with Crippen LogP contribution >= 0.6 is 0 Å². The lowest BCUT2D eigenvalue weighted by Gasteiger charge is -1.99. The summed E-state index contributed by atoms with van der Waals surface area (Å²) >= 11 is 0. The monoisotopic (exact) mass is 296 g/mol. The molecule has 0 radical (unpaired) electrons. The predicted octanol–water partition coefficient (Wildman–Crippen LogP) is 5.10. The molecule has 0 saturated carbocycles. The highest BCUT2D eigenvalue weighted by molar-refractivity contribution is 5.66. The molecule has 1 N–H and O–H groups in total. The molecule has 3 nitrogen and oxygen atoms in total. The highest BCUT2D eigenvalue weighted by Crippen LogP contribution is 2.30. The molecule has 0 aliphatic carbocycles. The topological polar surface area (TPSA) is 49.8 Å². The van der Waals surface area contributed by atoms with Gasteiger partial charge in [-0.25, -0.2) is 0 Å². The number of unbranched alkanes of at least 4 members (excludes halogenated alkanes) is 7. The van der Waals surface area contributed by atoms with Crippen LogP contribution in [-0.2, 0) is 9.53 Å². The number of rotatable bonds is 14. The van der Waals surface area contributed by atoms with Gasteiger partial charge in [0.25, 0.3) is 0 Å². The number of carboxylic acid groups (broad SMARTS) is 1. The summed E-state index contributed by atoms with van der Waals surface area (Å²) in [6.45, 7) is 2.23. The van der Waals surface area contributed by atoms with Gasteiger partial charge in [0.05, 0.1) is 12.2 Å². The van der Waals surface area contributed by atoms with Crippen molar-refractivity contribution < 1.29 is 14.6 Å². The van der Waals surface area contributed by atoms with Crippen molar-refractivity contribution in [3.8, 4) is 0 Å². The minimum atomic E-state index is -0.674. The molecule has 2 unspecified atom stereocenters. The maximum Gasteiger partial charge on any atom is 0.303 e. The van der Waals surface area contributed by atoms with Crippen molar-refractivity contribution in [2.75, 3.05) is 0 Å². The van der Waals surface area contributed by atoms with E-state index >= 15 is 0 Å². The summed E-state index contributed by atoms with van der Waals surface area (Å²) in [6.07, 6.45) is 18.7. The molecule has 0 spiro atoms. The highest BCUT2D eigenvalue weighted by atomic mass is 16.6. The Kier molecular flexibility index (Phi) is 10.2. The fraction of sp³-hybridized carbons (Fsp3) is 0.833. The zero-order chi connectivity index (χ0) is 15.3. The van der Waals surface area contributed by atoms with E-state index in [9.17, 15) is 4.79 Å². The van der Waals surface area contributed by atoms with Crippen LogP contribution in [0, 0.1) is 0 Å². The van der Waals surface area contributed by atoms with Crippen LogP contribution < -0.4 is 0 Å². The summed E-state index contributed by atoms with van der Waals surface area (Å²) in [7, 11) is 0. The Morgan fingerprint density at radius 1 is 1.00 bits per heavy atom. The van der Waals surface area contributed by atoms with E-state index in [1.54, 1.807) is 0 Å². The molecule has 0 aromatic rings. The Balaban J connectivity index is 1.83. The van der Waals surface area contributed by atoms with Crippen LogP contribution in [-0.4, -0.2) is 23.3 Å². The van der Waals surface area contributed by atoms with Crippen LogP contribution in [0.15, 0.2) is 12.2 Å². The first-order chi connectivity index (χ1) is 10.2. The number of epoxide rings is 1. The molecule has 0 bridgehead atoms. The molecule has 1 aliphatic heterocycles. The quantitative estimate of drug-likeness (QED) is 0.276. The Hall–Kier alpha value is -0.830. The fourth-order valence-corrected chi connectivity index (χ4v) is 2.65. The van der Waals surface area contributed by atoms with E-state index in [1.165, 1.54) is 44.9 Å². The van der Waals surface area contributed by atoms with E-state index in [1.807, 2.05) is 0 Å². The smallest absolute Gasteiger partial charge is 0.303 e. The molecule has 122 valence electrons. The van der Waals surface area contributed by atoms with Crippen LogP contribution in [0.25, 0.3) is 0 Å². The molecule has 1 aliphatic rings. The number of carbonyl (C=O) groups is 1. The Bertz CT molecular complexity index is 299. The zero-order valence-electron chi connectivity index (χ0n) is 13.6. The third-order valence-corrected chi connectivity index (χ3v) is 4.08.